The van der Waals surface area contributed by atoms with Crippen LogP contribution in [-0.2, 0) is 4.79 Å². The highest BCUT2D eigenvalue weighted by Crippen LogP contribution is 2.32. The van der Waals surface area contributed by atoms with Gasteiger partial charge in [0.2, 0.25) is 0 Å². The average Bonchev–Trinajstić information content (AvgIpc) is 2.95. The molecule has 8 heteroatoms. The van der Waals surface area contributed by atoms with Crippen LogP contribution >= 0.6 is 24.0 Å². The first-order valence-corrected chi connectivity index (χ1v) is 10.7. The molecule has 148 valence electrons. The normalized spacial score (nSPS) is 15.8. The van der Waals surface area contributed by atoms with Crippen LogP contribution in [0.4, 0.5) is 5.82 Å². The molecule has 2 aromatic rings. The van der Waals surface area contributed by atoms with Crippen molar-refractivity contribution in [2.75, 3.05) is 18.4 Å². The van der Waals surface area contributed by atoms with Crippen LogP contribution in [0, 0.1) is 6.92 Å². The second-order valence-electron chi connectivity index (χ2n) is 6.62. The summed E-state index contributed by atoms with van der Waals surface area (Å²) in [5.41, 5.74) is 1.72. The topological polar surface area (TPSA) is 66.7 Å². The van der Waals surface area contributed by atoms with E-state index in [1.54, 1.807) is 12.3 Å². The maximum atomic E-state index is 13.2. The maximum absolute atomic E-state index is 13.2. The number of thioether (sulfide) groups is 1. The number of fused-ring (bicyclic) bond motifs is 1. The number of thiocarbonyl (C=S) groups is 1. The van der Waals surface area contributed by atoms with E-state index in [2.05, 4.69) is 12.2 Å². The maximum Gasteiger partial charge on any atom is 0.267 e. The molecular weight excluding hydrogens is 392 g/mol. The Hall–Kier alpha value is -2.19. The highest BCUT2D eigenvalue weighted by Gasteiger charge is 2.31. The molecule has 1 amide bonds. The Morgan fingerprint density at radius 2 is 2.07 bits per heavy atom. The minimum Gasteiger partial charge on any atom is -0.369 e. The van der Waals surface area contributed by atoms with E-state index in [-0.39, 0.29) is 11.5 Å². The van der Waals surface area contributed by atoms with Crippen molar-refractivity contribution in [2.45, 2.75) is 40.0 Å². The highest BCUT2D eigenvalue weighted by molar-refractivity contribution is 8.26. The number of likely N-dealkylation sites (N-methyl/N-ethyl adjacent to an activating group) is 1. The number of nitrogens with one attached hydrogen (secondary N) is 1. The first-order chi connectivity index (χ1) is 13.5. The quantitative estimate of drug-likeness (QED) is 0.420. The number of aromatic nitrogens is 2. The number of rotatable bonds is 7. The number of unbranched alkanes of at least 4 members (excludes halogenated alkanes) is 2. The molecule has 1 aliphatic heterocycles. The lowest BCUT2D eigenvalue weighted by Crippen LogP contribution is -2.27. The Kier molecular flexibility index (Phi) is 6.51. The summed E-state index contributed by atoms with van der Waals surface area (Å²) in [6, 6.07) is 3.74. The zero-order valence-electron chi connectivity index (χ0n) is 16.3. The molecule has 0 radical (unpaired) electrons. The first kappa shape index (κ1) is 20.5. The zero-order chi connectivity index (χ0) is 20.3. The Morgan fingerprint density at radius 1 is 1.29 bits per heavy atom. The van der Waals surface area contributed by atoms with Crippen LogP contribution < -0.4 is 10.9 Å². The van der Waals surface area contributed by atoms with Crippen molar-refractivity contribution < 1.29 is 4.79 Å². The number of carbonyl (C=O) groups is 1. The van der Waals surface area contributed by atoms with Crippen LogP contribution in [0.25, 0.3) is 11.7 Å². The largest absolute Gasteiger partial charge is 0.369 e. The summed E-state index contributed by atoms with van der Waals surface area (Å²) < 4.78 is 2.04. The molecule has 6 nitrogen and oxygen atoms in total. The van der Waals surface area contributed by atoms with E-state index in [0.29, 0.717) is 32.8 Å². The van der Waals surface area contributed by atoms with Gasteiger partial charge in [0.1, 0.15) is 15.8 Å². The smallest absolute Gasteiger partial charge is 0.267 e. The van der Waals surface area contributed by atoms with E-state index in [9.17, 15) is 9.59 Å². The number of nitrogens with zero attached hydrogens (tertiary/aromatic N) is 3. The van der Waals surface area contributed by atoms with Crippen molar-refractivity contribution in [3.05, 3.63) is 44.7 Å². The van der Waals surface area contributed by atoms with Gasteiger partial charge in [0.25, 0.3) is 11.5 Å². The fraction of sp³-hybridized carbons (Fsp3) is 0.400. The number of aryl methyl sites for hydroxylation is 1. The fourth-order valence-electron chi connectivity index (χ4n) is 3.06. The molecule has 28 heavy (non-hydrogen) atoms. The average molecular weight is 417 g/mol. The number of pyridine rings is 1. The van der Waals surface area contributed by atoms with E-state index < -0.39 is 0 Å². The molecule has 0 atom stereocenters. The van der Waals surface area contributed by atoms with Gasteiger partial charge in [0.15, 0.2) is 0 Å². The molecular formula is C20H24N4O2S2. The molecule has 0 unspecified atom stereocenters. The molecule has 1 aliphatic rings. The third kappa shape index (κ3) is 3.98. The molecule has 1 saturated heterocycles. The summed E-state index contributed by atoms with van der Waals surface area (Å²) in [4.78, 5) is 32.5. The second kappa shape index (κ2) is 8.87. The van der Waals surface area contributed by atoms with E-state index in [1.807, 2.05) is 26.0 Å². The van der Waals surface area contributed by atoms with Crippen LogP contribution in [0.2, 0.25) is 0 Å². The Bertz CT molecular complexity index is 1010. The van der Waals surface area contributed by atoms with Gasteiger partial charge in [-0.25, -0.2) is 4.98 Å². The molecule has 3 rings (SSSR count). The van der Waals surface area contributed by atoms with E-state index in [1.165, 1.54) is 21.1 Å². The van der Waals surface area contributed by atoms with Crippen molar-refractivity contribution in [3.63, 3.8) is 0 Å². The molecule has 1 N–H and O–H groups in total. The van der Waals surface area contributed by atoms with Crippen LogP contribution in [0.5, 0.6) is 0 Å². The predicted octanol–water partition coefficient (Wildman–Crippen LogP) is 3.83. The molecule has 3 heterocycles. The molecule has 0 spiro atoms. The number of hydrogen-bond donors (Lipinski definition) is 1. The van der Waals surface area contributed by atoms with Gasteiger partial charge < -0.3 is 5.32 Å². The van der Waals surface area contributed by atoms with Crippen molar-refractivity contribution in [3.8, 4) is 0 Å². The number of carbonyl (C=O) groups excluding carboxylic acids is 1. The van der Waals surface area contributed by atoms with Gasteiger partial charge in [-0.2, -0.15) is 0 Å². The number of amides is 1. The van der Waals surface area contributed by atoms with Crippen LogP contribution in [0.1, 0.15) is 44.2 Å². The van der Waals surface area contributed by atoms with Gasteiger partial charge in [-0.1, -0.05) is 49.8 Å². The third-order valence-corrected chi connectivity index (χ3v) is 6.00. The van der Waals surface area contributed by atoms with Crippen molar-refractivity contribution >= 4 is 51.7 Å². The van der Waals surface area contributed by atoms with Crippen molar-refractivity contribution in [2.24, 2.45) is 0 Å². The van der Waals surface area contributed by atoms with Crippen molar-refractivity contribution in [1.29, 1.82) is 0 Å². The van der Waals surface area contributed by atoms with Gasteiger partial charge in [-0.05, 0) is 38.0 Å². The van der Waals surface area contributed by atoms with E-state index >= 15 is 0 Å². The Balaban J connectivity index is 2.10. The lowest BCUT2D eigenvalue weighted by Gasteiger charge is -2.12. The summed E-state index contributed by atoms with van der Waals surface area (Å²) in [7, 11) is 0. The second-order valence-corrected chi connectivity index (χ2v) is 8.30. The van der Waals surface area contributed by atoms with Gasteiger partial charge in [-0.15, -0.1) is 0 Å². The van der Waals surface area contributed by atoms with Gasteiger partial charge in [0, 0.05) is 19.3 Å². The van der Waals surface area contributed by atoms with Crippen LogP contribution in [-0.4, -0.2) is 37.6 Å². The third-order valence-electron chi connectivity index (χ3n) is 4.62. The molecule has 0 aliphatic carbocycles. The monoisotopic (exact) mass is 416 g/mol. The van der Waals surface area contributed by atoms with Gasteiger partial charge >= 0.3 is 0 Å². The van der Waals surface area contributed by atoms with Crippen LogP contribution in [0.15, 0.2) is 28.0 Å². The molecule has 1 fully saturated rings. The summed E-state index contributed by atoms with van der Waals surface area (Å²) in [6.45, 7) is 7.18. The molecule has 2 aromatic heterocycles. The predicted molar refractivity (Wildman–Crippen MR) is 120 cm³/mol. The van der Waals surface area contributed by atoms with Crippen molar-refractivity contribution in [1.82, 2.24) is 14.3 Å². The fourth-order valence-corrected chi connectivity index (χ4v) is 4.43. The van der Waals surface area contributed by atoms with Crippen LogP contribution in [0.3, 0.4) is 0 Å². The summed E-state index contributed by atoms with van der Waals surface area (Å²) in [6.07, 6.45) is 6.53. The summed E-state index contributed by atoms with van der Waals surface area (Å²) in [5, 5.41) is 3.30. The SMILES string of the molecule is CCCCCNc1nc2c(C)cccn2c(=O)c1/C=C1/SC(=S)N(CC)C1=O. The van der Waals surface area contributed by atoms with E-state index in [0.717, 1.165) is 31.4 Å². The standard InChI is InChI=1S/C20H24N4O2S2/c1-4-6-7-10-21-16-14(12-15-19(26)23(5-2)20(27)28-15)18(25)24-11-8-9-13(3)17(24)22-16/h8-9,11-12,21H,4-7,10H2,1-3H3/b15-12+. The van der Waals surface area contributed by atoms with Gasteiger partial charge in [-0.3, -0.25) is 18.9 Å². The van der Waals surface area contributed by atoms with E-state index in [4.69, 9.17) is 17.2 Å². The molecule has 0 aromatic carbocycles. The zero-order valence-corrected chi connectivity index (χ0v) is 18.0. The van der Waals surface area contributed by atoms with Gasteiger partial charge in [0.05, 0.1) is 10.5 Å². The number of anilines is 1. The first-order valence-electron chi connectivity index (χ1n) is 9.49. The summed E-state index contributed by atoms with van der Waals surface area (Å²) in [5.74, 6) is 0.348. The molecule has 0 bridgehead atoms. The lowest BCUT2D eigenvalue weighted by molar-refractivity contribution is -0.121. The Labute approximate surface area is 174 Å². The Morgan fingerprint density at radius 3 is 2.75 bits per heavy atom. The molecule has 0 saturated carbocycles. The number of hydrogen-bond acceptors (Lipinski definition) is 6. The summed E-state index contributed by atoms with van der Waals surface area (Å²) >= 11 is 6.51. The minimum absolute atomic E-state index is 0.164. The minimum atomic E-state index is -0.201. The lowest BCUT2D eigenvalue weighted by atomic mass is 10.2. The highest BCUT2D eigenvalue weighted by atomic mass is 32.2.